The molecule has 0 amide bonds. The van der Waals surface area contributed by atoms with Crippen LogP contribution in [0.2, 0.25) is 0 Å². The average Bonchev–Trinajstić information content (AvgIpc) is 2.87. The van der Waals surface area contributed by atoms with E-state index in [-0.39, 0.29) is 11.5 Å². The average molecular weight is 276 g/mol. The first-order valence-electron chi connectivity index (χ1n) is 5.54. The van der Waals surface area contributed by atoms with Crippen molar-refractivity contribution in [2.45, 2.75) is 6.92 Å². The number of carboxylic acid groups (broad SMARTS) is 1. The fourth-order valence-corrected chi connectivity index (χ4v) is 2.63. The molecule has 1 aromatic carbocycles. The zero-order valence-electron chi connectivity index (χ0n) is 10.5. The van der Waals surface area contributed by atoms with E-state index in [0.717, 1.165) is 16.7 Å². The number of carbonyl (C=O) groups excluding carboxylic acids is 1. The molecule has 0 aliphatic carbocycles. The second-order valence-electron chi connectivity index (χ2n) is 4.03. The van der Waals surface area contributed by atoms with E-state index in [9.17, 15) is 9.59 Å². The molecule has 0 atom stereocenters. The van der Waals surface area contributed by atoms with E-state index in [4.69, 9.17) is 5.11 Å². The van der Waals surface area contributed by atoms with Crippen LogP contribution in [0.4, 0.5) is 0 Å². The molecule has 0 radical (unpaired) electrons. The van der Waals surface area contributed by atoms with Gasteiger partial charge in [-0.25, -0.2) is 9.59 Å². The predicted molar refractivity (Wildman–Crippen MR) is 72.8 cm³/mol. The summed E-state index contributed by atoms with van der Waals surface area (Å²) in [5.74, 6) is -1.31. The molecule has 0 fully saturated rings. The Bertz CT molecular complexity index is 643. The van der Waals surface area contributed by atoms with Crippen LogP contribution in [0.1, 0.15) is 25.6 Å². The molecule has 5 heteroatoms. The number of carboxylic acids is 1. The number of aryl methyl sites for hydroxylation is 1. The fraction of sp³-hybridized carbons (Fsp3) is 0.143. The largest absolute Gasteiger partial charge is 0.478 e. The Morgan fingerprint density at radius 3 is 2.58 bits per heavy atom. The van der Waals surface area contributed by atoms with Gasteiger partial charge in [0.05, 0.1) is 12.7 Å². The summed E-state index contributed by atoms with van der Waals surface area (Å²) in [5, 5.41) is 10.8. The van der Waals surface area contributed by atoms with Gasteiger partial charge in [0, 0.05) is 0 Å². The molecule has 98 valence electrons. The first-order chi connectivity index (χ1) is 9.02. The summed E-state index contributed by atoms with van der Waals surface area (Å²) in [5.41, 5.74) is 2.91. The van der Waals surface area contributed by atoms with Gasteiger partial charge in [0.2, 0.25) is 0 Å². The van der Waals surface area contributed by atoms with Gasteiger partial charge in [-0.1, -0.05) is 6.07 Å². The zero-order chi connectivity index (χ0) is 14.0. The number of rotatable bonds is 3. The number of methoxy groups -OCH3 is 1. The van der Waals surface area contributed by atoms with Crippen molar-refractivity contribution in [3.05, 3.63) is 45.6 Å². The van der Waals surface area contributed by atoms with Crippen LogP contribution in [-0.4, -0.2) is 24.2 Å². The molecule has 0 saturated heterocycles. The summed E-state index contributed by atoms with van der Waals surface area (Å²) in [7, 11) is 1.34. The third kappa shape index (κ3) is 2.66. The Hall–Kier alpha value is -2.14. The topological polar surface area (TPSA) is 63.6 Å². The first kappa shape index (κ1) is 13.3. The molecule has 0 aliphatic heterocycles. The monoisotopic (exact) mass is 276 g/mol. The molecule has 1 heterocycles. The summed E-state index contributed by atoms with van der Waals surface area (Å²) in [6.45, 7) is 1.84. The zero-order valence-corrected chi connectivity index (χ0v) is 11.3. The maximum absolute atomic E-state index is 11.4. The maximum Gasteiger partial charge on any atom is 0.348 e. The van der Waals surface area contributed by atoms with E-state index in [0.29, 0.717) is 4.88 Å². The highest BCUT2D eigenvalue weighted by Gasteiger charge is 2.12. The maximum atomic E-state index is 11.4. The number of ether oxygens (including phenoxy) is 1. The Kier molecular flexibility index (Phi) is 3.66. The first-order valence-corrected chi connectivity index (χ1v) is 6.42. The minimum atomic E-state index is -0.949. The van der Waals surface area contributed by atoms with Gasteiger partial charge in [-0.15, -0.1) is 11.3 Å². The highest BCUT2D eigenvalue weighted by Crippen LogP contribution is 2.29. The molecule has 0 saturated carbocycles. The molecular formula is C14H12O4S. The second kappa shape index (κ2) is 5.24. The van der Waals surface area contributed by atoms with Gasteiger partial charge >= 0.3 is 11.9 Å². The van der Waals surface area contributed by atoms with E-state index in [1.54, 1.807) is 24.3 Å². The van der Waals surface area contributed by atoms with Gasteiger partial charge in [-0.2, -0.15) is 0 Å². The summed E-state index contributed by atoms with van der Waals surface area (Å²) in [6, 6.07) is 6.68. The molecule has 0 aliphatic rings. The summed E-state index contributed by atoms with van der Waals surface area (Å²) < 4.78 is 4.66. The minimum Gasteiger partial charge on any atom is -0.478 e. The molecule has 1 aromatic heterocycles. The summed E-state index contributed by atoms with van der Waals surface area (Å²) in [4.78, 5) is 22.8. The number of carbonyl (C=O) groups is 2. The lowest BCUT2D eigenvalue weighted by molar-refractivity contribution is 0.0605. The molecule has 0 spiro atoms. The molecule has 0 bridgehead atoms. The number of hydrogen-bond acceptors (Lipinski definition) is 4. The van der Waals surface area contributed by atoms with Gasteiger partial charge in [-0.3, -0.25) is 0 Å². The van der Waals surface area contributed by atoms with Crippen molar-refractivity contribution in [1.29, 1.82) is 0 Å². The fourth-order valence-electron chi connectivity index (χ4n) is 1.81. The molecule has 2 aromatic rings. The van der Waals surface area contributed by atoms with E-state index in [1.165, 1.54) is 18.4 Å². The van der Waals surface area contributed by atoms with Crippen molar-refractivity contribution < 1.29 is 19.4 Å². The van der Waals surface area contributed by atoms with E-state index in [2.05, 4.69) is 4.74 Å². The normalized spacial score (nSPS) is 10.2. The van der Waals surface area contributed by atoms with Gasteiger partial charge in [-0.05, 0) is 47.2 Å². The Balaban J connectivity index is 2.39. The highest BCUT2D eigenvalue weighted by atomic mass is 32.1. The minimum absolute atomic E-state index is 0.254. The summed E-state index contributed by atoms with van der Waals surface area (Å²) in [6.07, 6.45) is 0. The lowest BCUT2D eigenvalue weighted by Gasteiger charge is -2.04. The molecule has 2 rings (SSSR count). The molecular weight excluding hydrogens is 264 g/mol. The van der Waals surface area contributed by atoms with Gasteiger partial charge in [0.25, 0.3) is 0 Å². The van der Waals surface area contributed by atoms with E-state index in [1.807, 2.05) is 12.3 Å². The van der Waals surface area contributed by atoms with Crippen molar-refractivity contribution in [1.82, 2.24) is 0 Å². The molecule has 4 nitrogen and oxygen atoms in total. The Labute approximate surface area is 114 Å². The van der Waals surface area contributed by atoms with Gasteiger partial charge in [0.1, 0.15) is 4.88 Å². The van der Waals surface area contributed by atoms with Crippen molar-refractivity contribution in [3.8, 4) is 11.1 Å². The third-order valence-electron chi connectivity index (χ3n) is 2.77. The molecule has 1 N–H and O–H groups in total. The Morgan fingerprint density at radius 2 is 2.00 bits per heavy atom. The SMILES string of the molecule is COC(=O)c1cc(-c2ccc(C(=O)O)cc2C)cs1. The van der Waals surface area contributed by atoms with Crippen LogP contribution in [0.25, 0.3) is 11.1 Å². The number of hydrogen-bond donors (Lipinski definition) is 1. The van der Waals surface area contributed by atoms with Crippen LogP contribution in [0.3, 0.4) is 0 Å². The van der Waals surface area contributed by atoms with Crippen molar-refractivity contribution in [3.63, 3.8) is 0 Å². The number of esters is 1. The Morgan fingerprint density at radius 1 is 1.26 bits per heavy atom. The number of thiophene rings is 1. The molecule has 19 heavy (non-hydrogen) atoms. The van der Waals surface area contributed by atoms with Gasteiger partial charge in [0.15, 0.2) is 0 Å². The smallest absolute Gasteiger partial charge is 0.348 e. The van der Waals surface area contributed by atoms with Crippen molar-refractivity contribution in [2.24, 2.45) is 0 Å². The van der Waals surface area contributed by atoms with Crippen molar-refractivity contribution in [2.75, 3.05) is 7.11 Å². The van der Waals surface area contributed by atoms with Crippen LogP contribution >= 0.6 is 11.3 Å². The lowest BCUT2D eigenvalue weighted by Crippen LogP contribution is -1.97. The third-order valence-corrected chi connectivity index (χ3v) is 3.68. The van der Waals surface area contributed by atoms with Crippen LogP contribution in [0.5, 0.6) is 0 Å². The standard InChI is InChI=1S/C14H12O4S/c1-8-5-9(13(15)16)3-4-11(8)10-6-12(19-7-10)14(17)18-2/h3-7H,1-2H3,(H,15,16). The summed E-state index contributed by atoms with van der Waals surface area (Å²) >= 11 is 1.31. The number of benzene rings is 1. The van der Waals surface area contributed by atoms with Crippen LogP contribution in [0.15, 0.2) is 29.6 Å². The van der Waals surface area contributed by atoms with Gasteiger partial charge < -0.3 is 9.84 Å². The van der Waals surface area contributed by atoms with Crippen LogP contribution in [0, 0.1) is 6.92 Å². The predicted octanol–water partition coefficient (Wildman–Crippen LogP) is 3.21. The van der Waals surface area contributed by atoms with Crippen LogP contribution < -0.4 is 0 Å². The van der Waals surface area contributed by atoms with E-state index < -0.39 is 5.97 Å². The number of aromatic carboxylic acids is 1. The van der Waals surface area contributed by atoms with Crippen LogP contribution in [-0.2, 0) is 4.74 Å². The molecule has 0 unspecified atom stereocenters. The van der Waals surface area contributed by atoms with Crippen molar-refractivity contribution >= 4 is 23.3 Å². The lowest BCUT2D eigenvalue weighted by atomic mass is 10.0. The highest BCUT2D eigenvalue weighted by molar-refractivity contribution is 7.12. The van der Waals surface area contributed by atoms with E-state index >= 15 is 0 Å². The quantitative estimate of drug-likeness (QED) is 0.874. The second-order valence-corrected chi connectivity index (χ2v) is 4.94.